The number of anilines is 1. The summed E-state index contributed by atoms with van der Waals surface area (Å²) in [4.78, 5) is 4.00. The molecule has 1 fully saturated rings. The maximum Gasteiger partial charge on any atom is 0.129 e. The number of benzene rings is 1. The molecule has 0 spiro atoms. The number of nitrogens with zero attached hydrogens (tertiary/aromatic N) is 1. The molecule has 0 bridgehead atoms. The Kier molecular flexibility index (Phi) is 5.59. The van der Waals surface area contributed by atoms with Crippen molar-refractivity contribution >= 4 is 17.3 Å². The van der Waals surface area contributed by atoms with Gasteiger partial charge in [-0.1, -0.05) is 18.0 Å². The predicted molar refractivity (Wildman–Crippen MR) is 96.6 cm³/mol. The number of halogens is 1. The van der Waals surface area contributed by atoms with Gasteiger partial charge in [-0.2, -0.15) is 0 Å². The topological polar surface area (TPSA) is 54.4 Å². The van der Waals surface area contributed by atoms with Crippen LogP contribution in [0.4, 0.5) is 5.69 Å². The van der Waals surface area contributed by atoms with E-state index in [1.165, 1.54) is 0 Å². The van der Waals surface area contributed by atoms with E-state index in [2.05, 4.69) is 17.2 Å². The fourth-order valence-corrected chi connectivity index (χ4v) is 3.22. The number of aliphatic hydroxyl groups excluding tert-OH is 1. The summed E-state index contributed by atoms with van der Waals surface area (Å²) >= 11 is 5.94. The summed E-state index contributed by atoms with van der Waals surface area (Å²) in [5.74, 6) is 0.797. The van der Waals surface area contributed by atoms with Crippen LogP contribution in [0.3, 0.4) is 0 Å². The van der Waals surface area contributed by atoms with Crippen molar-refractivity contribution in [2.24, 2.45) is 0 Å². The number of aromatic nitrogens is 1. The van der Waals surface area contributed by atoms with Gasteiger partial charge in [-0.3, -0.25) is 0 Å². The summed E-state index contributed by atoms with van der Waals surface area (Å²) in [5.41, 5.74) is 2.09. The van der Waals surface area contributed by atoms with Gasteiger partial charge in [0.1, 0.15) is 17.0 Å². The van der Waals surface area contributed by atoms with Gasteiger partial charge in [0.05, 0.1) is 6.10 Å². The van der Waals surface area contributed by atoms with E-state index < -0.39 is 0 Å². The van der Waals surface area contributed by atoms with Crippen LogP contribution in [-0.2, 0) is 0 Å². The number of hydrogen-bond donors (Lipinski definition) is 2. The Bertz CT molecular complexity index is 663. The normalized spacial score (nSPS) is 22.0. The van der Waals surface area contributed by atoms with Crippen LogP contribution in [0, 0.1) is 0 Å². The molecule has 0 aliphatic heterocycles. The quantitative estimate of drug-likeness (QED) is 0.777. The summed E-state index contributed by atoms with van der Waals surface area (Å²) in [6.07, 6.45) is 5.22. The van der Waals surface area contributed by atoms with Crippen LogP contribution in [0.5, 0.6) is 5.75 Å². The van der Waals surface area contributed by atoms with Crippen molar-refractivity contribution in [2.45, 2.75) is 50.9 Å². The van der Waals surface area contributed by atoms with Crippen molar-refractivity contribution in [1.29, 1.82) is 0 Å². The molecule has 4 nitrogen and oxygen atoms in total. The summed E-state index contributed by atoms with van der Waals surface area (Å²) in [5, 5.41) is 13.9. The van der Waals surface area contributed by atoms with Gasteiger partial charge in [-0.25, -0.2) is 4.98 Å². The Morgan fingerprint density at radius 2 is 1.96 bits per heavy atom. The minimum atomic E-state index is -0.354. The molecule has 5 heteroatoms. The molecule has 1 aliphatic carbocycles. The van der Waals surface area contributed by atoms with Gasteiger partial charge in [-0.05, 0) is 68.1 Å². The molecule has 0 radical (unpaired) electrons. The third-order valence-electron chi connectivity index (χ3n) is 4.44. The van der Waals surface area contributed by atoms with Crippen LogP contribution < -0.4 is 10.1 Å². The highest BCUT2D eigenvalue weighted by Gasteiger charge is 2.24. The lowest BCUT2D eigenvalue weighted by Crippen LogP contribution is -2.34. The second-order valence-corrected chi connectivity index (χ2v) is 6.70. The SMILES string of the molecule is CC(Nc1ccc(OC2CCCCC2O)cc1)c1ccnc(Cl)c1. The van der Waals surface area contributed by atoms with E-state index in [-0.39, 0.29) is 18.2 Å². The summed E-state index contributed by atoms with van der Waals surface area (Å²) in [7, 11) is 0. The molecule has 1 aliphatic rings. The molecule has 128 valence electrons. The minimum absolute atomic E-state index is 0.0876. The Morgan fingerprint density at radius 1 is 1.21 bits per heavy atom. The first-order valence-electron chi connectivity index (χ1n) is 8.44. The molecule has 3 atom stereocenters. The predicted octanol–water partition coefficient (Wildman–Crippen LogP) is 4.59. The highest BCUT2D eigenvalue weighted by atomic mass is 35.5. The number of ether oxygens (including phenoxy) is 1. The summed E-state index contributed by atoms with van der Waals surface area (Å²) in [6.45, 7) is 2.08. The van der Waals surface area contributed by atoms with E-state index in [4.69, 9.17) is 16.3 Å². The standard InChI is InChI=1S/C19H23ClN2O2/c1-13(14-10-11-21-19(20)12-14)22-15-6-8-16(9-7-15)24-18-5-3-2-4-17(18)23/h6-13,17-18,22-23H,2-5H2,1H3. The van der Waals surface area contributed by atoms with E-state index >= 15 is 0 Å². The zero-order valence-corrected chi connectivity index (χ0v) is 14.5. The molecule has 1 aromatic carbocycles. The van der Waals surface area contributed by atoms with Crippen molar-refractivity contribution in [2.75, 3.05) is 5.32 Å². The molecule has 1 saturated carbocycles. The lowest BCUT2D eigenvalue weighted by atomic mass is 9.95. The number of pyridine rings is 1. The number of nitrogens with one attached hydrogen (secondary N) is 1. The second kappa shape index (κ2) is 7.86. The maximum absolute atomic E-state index is 10.00. The Balaban J connectivity index is 1.60. The average Bonchev–Trinajstić information content (AvgIpc) is 2.58. The van der Waals surface area contributed by atoms with Gasteiger partial charge in [-0.15, -0.1) is 0 Å². The van der Waals surface area contributed by atoms with E-state index in [0.717, 1.165) is 42.7 Å². The molecule has 24 heavy (non-hydrogen) atoms. The lowest BCUT2D eigenvalue weighted by molar-refractivity contribution is 0.00688. The summed E-state index contributed by atoms with van der Waals surface area (Å²) < 4.78 is 5.92. The fourth-order valence-electron chi connectivity index (χ4n) is 3.04. The maximum atomic E-state index is 10.00. The van der Waals surface area contributed by atoms with E-state index in [9.17, 15) is 5.11 Å². The van der Waals surface area contributed by atoms with Crippen molar-refractivity contribution in [3.63, 3.8) is 0 Å². The molecule has 1 heterocycles. The van der Waals surface area contributed by atoms with Crippen LogP contribution in [0.1, 0.15) is 44.2 Å². The zero-order chi connectivity index (χ0) is 16.9. The molecule has 2 aromatic rings. The molecule has 3 rings (SSSR count). The van der Waals surface area contributed by atoms with Crippen LogP contribution in [0.2, 0.25) is 5.15 Å². The van der Waals surface area contributed by atoms with Gasteiger partial charge < -0.3 is 15.2 Å². The van der Waals surface area contributed by atoms with Crippen molar-refractivity contribution in [1.82, 2.24) is 4.98 Å². The average molecular weight is 347 g/mol. The number of rotatable bonds is 5. The first-order chi connectivity index (χ1) is 11.6. The third kappa shape index (κ3) is 4.40. The fraction of sp³-hybridized carbons (Fsp3) is 0.421. The Labute approximate surface area is 147 Å². The van der Waals surface area contributed by atoms with Crippen LogP contribution in [0.25, 0.3) is 0 Å². The monoisotopic (exact) mass is 346 g/mol. The zero-order valence-electron chi connectivity index (χ0n) is 13.8. The van der Waals surface area contributed by atoms with E-state index in [1.54, 1.807) is 6.20 Å². The van der Waals surface area contributed by atoms with Gasteiger partial charge in [0, 0.05) is 17.9 Å². The minimum Gasteiger partial charge on any atom is -0.488 e. The van der Waals surface area contributed by atoms with Crippen LogP contribution in [0.15, 0.2) is 42.6 Å². The van der Waals surface area contributed by atoms with Crippen molar-refractivity contribution < 1.29 is 9.84 Å². The third-order valence-corrected chi connectivity index (χ3v) is 4.65. The first kappa shape index (κ1) is 17.1. The lowest BCUT2D eigenvalue weighted by Gasteiger charge is -2.28. The smallest absolute Gasteiger partial charge is 0.129 e. The molecule has 3 unspecified atom stereocenters. The molecule has 2 N–H and O–H groups in total. The molecule has 0 saturated heterocycles. The molecular formula is C19H23ClN2O2. The largest absolute Gasteiger partial charge is 0.488 e. The number of aliphatic hydroxyl groups is 1. The second-order valence-electron chi connectivity index (χ2n) is 6.31. The summed E-state index contributed by atoms with van der Waals surface area (Å²) in [6, 6.07) is 11.8. The Morgan fingerprint density at radius 3 is 2.67 bits per heavy atom. The Hall–Kier alpha value is -1.78. The van der Waals surface area contributed by atoms with Crippen LogP contribution >= 0.6 is 11.6 Å². The highest BCUT2D eigenvalue weighted by Crippen LogP contribution is 2.26. The van der Waals surface area contributed by atoms with E-state index in [0.29, 0.717) is 5.15 Å². The van der Waals surface area contributed by atoms with Crippen molar-refractivity contribution in [3.8, 4) is 5.75 Å². The van der Waals surface area contributed by atoms with Crippen LogP contribution in [-0.4, -0.2) is 22.3 Å². The van der Waals surface area contributed by atoms with Gasteiger partial charge >= 0.3 is 0 Å². The van der Waals surface area contributed by atoms with E-state index in [1.807, 2.05) is 36.4 Å². The highest BCUT2D eigenvalue weighted by molar-refractivity contribution is 6.29. The molecule has 0 amide bonds. The molecular weight excluding hydrogens is 324 g/mol. The van der Waals surface area contributed by atoms with Gasteiger partial charge in [0.2, 0.25) is 0 Å². The van der Waals surface area contributed by atoms with Gasteiger partial charge in [0.25, 0.3) is 0 Å². The van der Waals surface area contributed by atoms with Gasteiger partial charge in [0.15, 0.2) is 0 Å². The first-order valence-corrected chi connectivity index (χ1v) is 8.82. The molecule has 1 aromatic heterocycles. The van der Waals surface area contributed by atoms with Crippen molar-refractivity contribution in [3.05, 3.63) is 53.3 Å². The number of hydrogen-bond acceptors (Lipinski definition) is 4.